The van der Waals surface area contributed by atoms with Gasteiger partial charge in [-0.1, -0.05) is 178 Å². The predicted octanol–water partition coefficient (Wildman–Crippen LogP) is 16.5. The minimum atomic E-state index is -0.476. The fraction of sp³-hybridized carbons (Fsp3) is 0.0645. The second-order valence-electron chi connectivity index (χ2n) is 18.4. The van der Waals surface area contributed by atoms with Gasteiger partial charge in [0.15, 0.2) is 0 Å². The zero-order chi connectivity index (χ0) is 42.3. The molecular formula is C62H41NO. The van der Waals surface area contributed by atoms with E-state index in [2.05, 4.69) is 231 Å². The highest BCUT2D eigenvalue weighted by atomic mass is 16.3. The quantitative estimate of drug-likeness (QED) is 0.176. The van der Waals surface area contributed by atoms with Crippen LogP contribution < -0.4 is 4.90 Å². The smallest absolute Gasteiger partial charge is 0.145 e. The Bertz CT molecular complexity index is 3710. The third kappa shape index (κ3) is 4.59. The average molecular weight is 816 g/mol. The maximum atomic E-state index is 7.10. The molecule has 0 aliphatic heterocycles. The molecule has 0 fully saturated rings. The van der Waals surface area contributed by atoms with Crippen molar-refractivity contribution in [1.29, 1.82) is 0 Å². The summed E-state index contributed by atoms with van der Waals surface area (Å²) < 4.78 is 7.10. The van der Waals surface area contributed by atoms with Crippen molar-refractivity contribution >= 4 is 49.8 Å². The monoisotopic (exact) mass is 815 g/mol. The minimum Gasteiger partial charge on any atom is -0.455 e. The van der Waals surface area contributed by atoms with E-state index in [1.54, 1.807) is 0 Å². The zero-order valence-electron chi connectivity index (χ0n) is 35.6. The highest BCUT2D eigenvalue weighted by Gasteiger charge is 2.51. The predicted molar refractivity (Wildman–Crippen MR) is 265 cm³/mol. The van der Waals surface area contributed by atoms with E-state index < -0.39 is 5.41 Å². The summed E-state index contributed by atoms with van der Waals surface area (Å²) in [5.41, 5.74) is 22.4. The van der Waals surface area contributed by atoms with Gasteiger partial charge in [-0.25, -0.2) is 0 Å². The van der Waals surface area contributed by atoms with Gasteiger partial charge in [0.05, 0.1) is 16.5 Å². The Morgan fingerprint density at radius 1 is 0.375 bits per heavy atom. The summed E-state index contributed by atoms with van der Waals surface area (Å²) in [4.78, 5) is 2.52. The molecule has 300 valence electrons. The van der Waals surface area contributed by atoms with Crippen LogP contribution in [0.4, 0.5) is 17.1 Å². The number of furan rings is 1. The van der Waals surface area contributed by atoms with Crippen LogP contribution in [0.25, 0.3) is 77.2 Å². The molecule has 0 radical (unpaired) electrons. The molecule has 1 aromatic heterocycles. The van der Waals surface area contributed by atoms with Gasteiger partial charge in [-0.2, -0.15) is 0 Å². The first kappa shape index (κ1) is 35.6. The van der Waals surface area contributed by atoms with Gasteiger partial charge in [-0.05, 0) is 132 Å². The summed E-state index contributed by atoms with van der Waals surface area (Å²) in [6.45, 7) is 4.75. The Morgan fingerprint density at radius 2 is 0.844 bits per heavy atom. The number of anilines is 3. The van der Waals surface area contributed by atoms with Crippen molar-refractivity contribution in [3.05, 3.63) is 246 Å². The molecule has 2 heteroatoms. The van der Waals surface area contributed by atoms with Crippen molar-refractivity contribution in [1.82, 2.24) is 0 Å². The number of rotatable bonds is 4. The maximum absolute atomic E-state index is 7.10. The lowest BCUT2D eigenvalue weighted by Gasteiger charge is -2.33. The summed E-state index contributed by atoms with van der Waals surface area (Å²) in [6.07, 6.45) is 0. The van der Waals surface area contributed by atoms with Crippen LogP contribution in [0.1, 0.15) is 47.2 Å². The van der Waals surface area contributed by atoms with Crippen molar-refractivity contribution in [3.63, 3.8) is 0 Å². The lowest BCUT2D eigenvalue weighted by atomic mass is 9.70. The fourth-order valence-corrected chi connectivity index (χ4v) is 12.1. The Kier molecular flexibility index (Phi) is 7.13. The average Bonchev–Trinajstić information content (AvgIpc) is 4.03. The topological polar surface area (TPSA) is 16.4 Å². The number of hydrogen-bond donors (Lipinski definition) is 0. The van der Waals surface area contributed by atoms with E-state index >= 15 is 0 Å². The molecule has 0 N–H and O–H groups in total. The van der Waals surface area contributed by atoms with Crippen molar-refractivity contribution < 1.29 is 4.42 Å². The molecular weight excluding hydrogens is 775 g/mol. The number of fused-ring (bicyclic) bond motifs is 17. The van der Waals surface area contributed by atoms with Crippen LogP contribution in [0.2, 0.25) is 0 Å². The first-order valence-corrected chi connectivity index (χ1v) is 22.4. The molecule has 0 unspecified atom stereocenters. The van der Waals surface area contributed by atoms with Crippen LogP contribution in [0.3, 0.4) is 0 Å². The lowest BCUT2D eigenvalue weighted by Crippen LogP contribution is -2.26. The van der Waals surface area contributed by atoms with Crippen molar-refractivity contribution in [2.75, 3.05) is 4.90 Å². The molecule has 2 nitrogen and oxygen atoms in total. The third-order valence-electron chi connectivity index (χ3n) is 14.9. The van der Waals surface area contributed by atoms with Crippen LogP contribution in [0.15, 0.2) is 217 Å². The normalized spacial score (nSPS) is 14.3. The van der Waals surface area contributed by atoms with Crippen LogP contribution in [-0.4, -0.2) is 0 Å². The third-order valence-corrected chi connectivity index (χ3v) is 14.9. The van der Waals surface area contributed by atoms with Gasteiger partial charge in [0, 0.05) is 27.7 Å². The van der Waals surface area contributed by atoms with Gasteiger partial charge in [0.25, 0.3) is 0 Å². The highest BCUT2D eigenvalue weighted by Crippen LogP contribution is 2.63. The molecule has 0 amide bonds. The Labute approximate surface area is 372 Å². The van der Waals surface area contributed by atoms with Gasteiger partial charge >= 0.3 is 0 Å². The van der Waals surface area contributed by atoms with Crippen LogP contribution in [0, 0.1) is 0 Å². The molecule has 0 saturated carbocycles. The fourth-order valence-electron chi connectivity index (χ4n) is 12.1. The van der Waals surface area contributed by atoms with Gasteiger partial charge in [0.2, 0.25) is 0 Å². The molecule has 10 aromatic carbocycles. The maximum Gasteiger partial charge on any atom is 0.145 e. The first-order valence-electron chi connectivity index (χ1n) is 22.4. The molecule has 3 aliphatic rings. The zero-order valence-corrected chi connectivity index (χ0v) is 35.6. The van der Waals surface area contributed by atoms with Crippen molar-refractivity contribution in [2.24, 2.45) is 0 Å². The second-order valence-corrected chi connectivity index (χ2v) is 18.4. The largest absolute Gasteiger partial charge is 0.455 e. The molecule has 0 bridgehead atoms. The molecule has 0 saturated heterocycles. The van der Waals surface area contributed by atoms with Crippen LogP contribution in [0.5, 0.6) is 0 Å². The highest BCUT2D eigenvalue weighted by molar-refractivity contribution is 6.19. The van der Waals surface area contributed by atoms with E-state index in [9.17, 15) is 0 Å². The van der Waals surface area contributed by atoms with E-state index in [0.717, 1.165) is 55.5 Å². The van der Waals surface area contributed by atoms with E-state index in [1.165, 1.54) is 72.1 Å². The van der Waals surface area contributed by atoms with Crippen LogP contribution >= 0.6 is 0 Å². The molecule has 11 aromatic rings. The number of benzene rings is 10. The van der Waals surface area contributed by atoms with Crippen molar-refractivity contribution in [3.8, 4) is 44.5 Å². The molecule has 1 heterocycles. The molecule has 64 heavy (non-hydrogen) atoms. The van der Waals surface area contributed by atoms with Gasteiger partial charge in [-0.3, -0.25) is 0 Å². The van der Waals surface area contributed by atoms with E-state index in [1.807, 2.05) is 0 Å². The van der Waals surface area contributed by atoms with E-state index in [-0.39, 0.29) is 5.41 Å². The van der Waals surface area contributed by atoms with Gasteiger partial charge in [-0.15, -0.1) is 0 Å². The Hall–Kier alpha value is -7.94. The van der Waals surface area contributed by atoms with Crippen LogP contribution in [-0.2, 0) is 10.8 Å². The standard InChI is InChI=1S/C62H41NO/c1-61(2)51-24-12-8-20-44(51)48-30-28-41(36-55(48)61)63(57-33-32-43(38-16-4-3-5-17-38)60-59(57)50-34-39-18-6-7-19-40(39)35-58(50)64-60)42-29-31-49-47-23-11-15-27-54(47)62(56(49)37-42)52-25-13-9-21-45(52)46-22-10-14-26-53(46)62/h3-37H,1-2H3. The Morgan fingerprint density at radius 3 is 1.47 bits per heavy atom. The molecule has 3 aliphatic carbocycles. The lowest BCUT2D eigenvalue weighted by molar-refractivity contribution is 0.660. The van der Waals surface area contributed by atoms with E-state index in [0.29, 0.717) is 0 Å². The summed E-state index contributed by atoms with van der Waals surface area (Å²) in [6, 6.07) is 79.0. The van der Waals surface area contributed by atoms with Gasteiger partial charge in [0.1, 0.15) is 11.2 Å². The summed E-state index contributed by atoms with van der Waals surface area (Å²) in [5, 5.41) is 4.55. The Balaban J connectivity index is 1.09. The first-order chi connectivity index (χ1) is 31.5. The number of hydrogen-bond acceptors (Lipinski definition) is 2. The molecule has 0 atom stereocenters. The second kappa shape index (κ2) is 12.8. The van der Waals surface area contributed by atoms with Gasteiger partial charge < -0.3 is 9.32 Å². The van der Waals surface area contributed by atoms with E-state index in [4.69, 9.17) is 4.42 Å². The molecule has 1 spiro atoms. The molecule has 14 rings (SSSR count). The summed E-state index contributed by atoms with van der Waals surface area (Å²) in [7, 11) is 0. The number of nitrogens with zero attached hydrogens (tertiary/aromatic N) is 1. The van der Waals surface area contributed by atoms with Crippen molar-refractivity contribution in [2.45, 2.75) is 24.7 Å². The minimum absolute atomic E-state index is 0.178. The SMILES string of the molecule is CC1(C)c2ccccc2-c2ccc(N(c3ccc4c(c3)C3(c5ccccc5-c5ccccc53)c3ccccc3-4)c3ccc(-c4ccccc4)c4oc5cc6ccccc6cc5c34)cc21. The summed E-state index contributed by atoms with van der Waals surface area (Å²) in [5.74, 6) is 0. The summed E-state index contributed by atoms with van der Waals surface area (Å²) >= 11 is 0.